The van der Waals surface area contributed by atoms with E-state index in [4.69, 9.17) is 0 Å². The topological polar surface area (TPSA) is 12.4 Å². The summed E-state index contributed by atoms with van der Waals surface area (Å²) in [6.45, 7) is 9.47. The summed E-state index contributed by atoms with van der Waals surface area (Å²) >= 11 is 0. The Morgan fingerprint density at radius 2 is 1.89 bits per heavy atom. The first-order valence-electron chi connectivity index (χ1n) is 2.94. The molecule has 0 aromatic carbocycles. The molecule has 0 unspecified atom stereocenters. The third kappa shape index (κ3) is 5.01. The normalized spacial score (nSPS) is 10.8. The van der Waals surface area contributed by atoms with Gasteiger partial charge in [-0.2, -0.15) is 0 Å². The van der Waals surface area contributed by atoms with Gasteiger partial charge in [-0.05, 0) is 33.1 Å². The summed E-state index contributed by atoms with van der Waals surface area (Å²) in [5.41, 5.74) is 2.43. The number of nitrogens with zero attached hydrogens (tertiary/aromatic N) is 1. The second-order valence-corrected chi connectivity index (χ2v) is 2.28. The minimum absolute atomic E-state index is 1.14. The number of hydrogen-bond donors (Lipinski definition) is 0. The van der Waals surface area contributed by atoms with Crippen LogP contribution in [0.25, 0.3) is 0 Å². The zero-order valence-electron chi connectivity index (χ0n) is 6.31. The zero-order valence-corrected chi connectivity index (χ0v) is 6.31. The Hall–Kier alpha value is -0.850. The fraction of sp³-hybridized carbons (Fsp3) is 0.375. The van der Waals surface area contributed by atoms with E-state index in [1.165, 1.54) is 5.57 Å². The second kappa shape index (κ2) is 4.07. The Bertz CT molecular complexity index is 148. The molecule has 0 aliphatic rings. The first-order chi connectivity index (χ1) is 4.16. The van der Waals surface area contributed by atoms with Crippen LogP contribution in [0, 0.1) is 0 Å². The fourth-order valence-corrected chi connectivity index (χ4v) is 0.637. The van der Waals surface area contributed by atoms with E-state index in [9.17, 15) is 0 Å². The van der Waals surface area contributed by atoms with E-state index in [1.807, 2.05) is 6.92 Å². The molecule has 0 aromatic rings. The van der Waals surface area contributed by atoms with E-state index < -0.39 is 0 Å². The lowest BCUT2D eigenvalue weighted by Crippen LogP contribution is -1.68. The number of hydrogen-bond acceptors (Lipinski definition) is 1. The van der Waals surface area contributed by atoms with Crippen LogP contribution in [-0.4, -0.2) is 6.72 Å². The summed E-state index contributed by atoms with van der Waals surface area (Å²) in [4.78, 5) is 3.63. The van der Waals surface area contributed by atoms with Crippen molar-refractivity contribution in [1.82, 2.24) is 0 Å². The van der Waals surface area contributed by atoms with Crippen molar-refractivity contribution in [3.05, 3.63) is 23.4 Å². The standard InChI is InChI=1S/C8H13N/c1-7(2)5-8(3)6-9-4/h5-6H,4H2,1-3H3. The largest absolute Gasteiger partial charge is 0.272 e. The highest BCUT2D eigenvalue weighted by molar-refractivity contribution is 5.28. The summed E-state index contributed by atoms with van der Waals surface area (Å²) in [7, 11) is 0. The average molecular weight is 123 g/mol. The van der Waals surface area contributed by atoms with Gasteiger partial charge in [0.25, 0.3) is 0 Å². The summed E-state index contributed by atoms with van der Waals surface area (Å²) in [6.07, 6.45) is 3.81. The van der Waals surface area contributed by atoms with Gasteiger partial charge in [0.1, 0.15) is 0 Å². The molecule has 0 saturated heterocycles. The van der Waals surface area contributed by atoms with Gasteiger partial charge in [-0.3, -0.25) is 4.99 Å². The van der Waals surface area contributed by atoms with Gasteiger partial charge in [0, 0.05) is 6.20 Å². The predicted molar refractivity (Wildman–Crippen MR) is 42.7 cm³/mol. The van der Waals surface area contributed by atoms with Crippen molar-refractivity contribution in [3.8, 4) is 0 Å². The molecule has 0 N–H and O–H groups in total. The van der Waals surface area contributed by atoms with Crippen LogP contribution in [0.15, 0.2) is 28.4 Å². The highest BCUT2D eigenvalue weighted by atomic mass is 14.6. The zero-order chi connectivity index (χ0) is 7.28. The predicted octanol–water partition coefficient (Wildman–Crippen LogP) is 2.56. The van der Waals surface area contributed by atoms with Gasteiger partial charge in [-0.1, -0.05) is 11.6 Å². The maximum absolute atomic E-state index is 3.63. The van der Waals surface area contributed by atoms with E-state index in [-0.39, 0.29) is 0 Å². The molecule has 0 amide bonds. The second-order valence-electron chi connectivity index (χ2n) is 2.28. The molecule has 50 valence electrons. The lowest BCUT2D eigenvalue weighted by molar-refractivity contribution is 1.33. The van der Waals surface area contributed by atoms with Crippen molar-refractivity contribution >= 4 is 6.72 Å². The summed E-state index contributed by atoms with van der Waals surface area (Å²) in [6, 6.07) is 0. The van der Waals surface area contributed by atoms with Crippen LogP contribution in [0.4, 0.5) is 0 Å². The Morgan fingerprint density at radius 1 is 1.33 bits per heavy atom. The van der Waals surface area contributed by atoms with E-state index in [0.717, 1.165) is 5.57 Å². The Morgan fingerprint density at radius 3 is 2.22 bits per heavy atom. The van der Waals surface area contributed by atoms with Crippen LogP contribution in [0.5, 0.6) is 0 Å². The number of rotatable bonds is 2. The van der Waals surface area contributed by atoms with Crippen LogP contribution >= 0.6 is 0 Å². The molecule has 0 bridgehead atoms. The van der Waals surface area contributed by atoms with Crippen molar-refractivity contribution in [3.63, 3.8) is 0 Å². The lowest BCUT2D eigenvalue weighted by Gasteiger charge is -1.88. The van der Waals surface area contributed by atoms with Crippen LogP contribution in [0.1, 0.15) is 20.8 Å². The Kier molecular flexibility index (Phi) is 3.69. The molecule has 9 heavy (non-hydrogen) atoms. The van der Waals surface area contributed by atoms with Gasteiger partial charge in [-0.15, -0.1) is 0 Å². The van der Waals surface area contributed by atoms with Gasteiger partial charge in [0.15, 0.2) is 0 Å². The minimum Gasteiger partial charge on any atom is -0.272 e. The molecule has 0 rings (SSSR count). The van der Waals surface area contributed by atoms with Gasteiger partial charge in [0.2, 0.25) is 0 Å². The molecule has 1 nitrogen and oxygen atoms in total. The van der Waals surface area contributed by atoms with Gasteiger partial charge >= 0.3 is 0 Å². The first-order valence-corrected chi connectivity index (χ1v) is 2.94. The van der Waals surface area contributed by atoms with Crippen molar-refractivity contribution < 1.29 is 0 Å². The molecular weight excluding hydrogens is 110 g/mol. The third-order valence-electron chi connectivity index (χ3n) is 0.811. The summed E-state index contributed by atoms with van der Waals surface area (Å²) < 4.78 is 0. The van der Waals surface area contributed by atoms with Crippen LogP contribution in [-0.2, 0) is 0 Å². The van der Waals surface area contributed by atoms with Gasteiger partial charge < -0.3 is 0 Å². The molecule has 0 aliphatic heterocycles. The molecule has 0 aromatic heterocycles. The molecule has 0 saturated carbocycles. The maximum atomic E-state index is 3.63. The van der Waals surface area contributed by atoms with Crippen LogP contribution < -0.4 is 0 Å². The smallest absolute Gasteiger partial charge is 0.0289 e. The molecule has 0 heterocycles. The molecule has 0 spiro atoms. The van der Waals surface area contributed by atoms with Crippen molar-refractivity contribution in [2.24, 2.45) is 4.99 Å². The molecule has 0 atom stereocenters. The monoisotopic (exact) mass is 123 g/mol. The van der Waals surface area contributed by atoms with Crippen molar-refractivity contribution in [1.29, 1.82) is 0 Å². The van der Waals surface area contributed by atoms with Crippen molar-refractivity contribution in [2.75, 3.05) is 0 Å². The molecule has 0 radical (unpaired) electrons. The first kappa shape index (κ1) is 8.15. The van der Waals surface area contributed by atoms with Gasteiger partial charge in [-0.25, -0.2) is 0 Å². The van der Waals surface area contributed by atoms with Gasteiger partial charge in [0.05, 0.1) is 0 Å². The number of aliphatic imine (C=N–C) groups is 1. The quantitative estimate of drug-likeness (QED) is 0.395. The Balaban J connectivity index is 4.05. The average Bonchev–Trinajstić information content (AvgIpc) is 1.63. The highest BCUT2D eigenvalue weighted by Gasteiger charge is 1.79. The minimum atomic E-state index is 1.14. The van der Waals surface area contributed by atoms with E-state index in [1.54, 1.807) is 6.20 Å². The summed E-state index contributed by atoms with van der Waals surface area (Å²) in [5.74, 6) is 0. The SMILES string of the molecule is C=NC=C(C)C=C(C)C. The molecule has 0 fully saturated rings. The Labute approximate surface area is 56.8 Å². The molecule has 0 aliphatic carbocycles. The molecular formula is C8H13N. The number of allylic oxidation sites excluding steroid dienone is 3. The summed E-state index contributed by atoms with van der Waals surface area (Å²) in [5, 5.41) is 0. The fourth-order valence-electron chi connectivity index (χ4n) is 0.637. The van der Waals surface area contributed by atoms with Crippen molar-refractivity contribution in [2.45, 2.75) is 20.8 Å². The maximum Gasteiger partial charge on any atom is 0.0289 e. The van der Waals surface area contributed by atoms with E-state index >= 15 is 0 Å². The highest BCUT2D eigenvalue weighted by Crippen LogP contribution is 1.99. The lowest BCUT2D eigenvalue weighted by atomic mass is 10.2. The van der Waals surface area contributed by atoms with E-state index in [0.29, 0.717) is 0 Å². The van der Waals surface area contributed by atoms with E-state index in [2.05, 4.69) is 31.6 Å². The third-order valence-corrected chi connectivity index (χ3v) is 0.811. The van der Waals surface area contributed by atoms with Crippen LogP contribution in [0.2, 0.25) is 0 Å². The molecule has 1 heteroatoms. The van der Waals surface area contributed by atoms with Crippen LogP contribution in [0.3, 0.4) is 0 Å².